The van der Waals surface area contributed by atoms with Gasteiger partial charge in [-0.25, -0.2) is 9.97 Å². The summed E-state index contributed by atoms with van der Waals surface area (Å²) in [6.45, 7) is 5.68. The fourth-order valence-corrected chi connectivity index (χ4v) is 2.70. The van der Waals surface area contributed by atoms with Crippen LogP contribution in [0.2, 0.25) is 0 Å². The van der Waals surface area contributed by atoms with Crippen LogP contribution in [0.3, 0.4) is 0 Å². The van der Waals surface area contributed by atoms with Crippen molar-refractivity contribution in [1.29, 1.82) is 0 Å². The number of hydrogen-bond donors (Lipinski definition) is 1. The van der Waals surface area contributed by atoms with Crippen LogP contribution in [0.1, 0.15) is 27.4 Å². The molecule has 0 unspecified atom stereocenters. The van der Waals surface area contributed by atoms with Crippen LogP contribution in [0, 0.1) is 20.8 Å². The van der Waals surface area contributed by atoms with E-state index in [-0.39, 0.29) is 5.91 Å². The summed E-state index contributed by atoms with van der Waals surface area (Å²) in [5.41, 5.74) is 3.87. The number of benzene rings is 1. The first-order chi connectivity index (χ1) is 13.5. The Morgan fingerprint density at radius 1 is 1.11 bits per heavy atom. The first kappa shape index (κ1) is 17.6. The lowest BCUT2D eigenvalue weighted by Gasteiger charge is -2.08. The summed E-state index contributed by atoms with van der Waals surface area (Å²) < 4.78 is 6.81. The van der Waals surface area contributed by atoms with Crippen molar-refractivity contribution in [2.45, 2.75) is 20.8 Å². The molecule has 0 aliphatic heterocycles. The molecule has 0 aliphatic carbocycles. The molecule has 8 nitrogen and oxygen atoms in total. The van der Waals surface area contributed by atoms with E-state index in [1.54, 1.807) is 36.3 Å². The first-order valence-corrected chi connectivity index (χ1v) is 8.69. The SMILES string of the molecule is Cc1ccc(C)c(NC(=O)c2cn(-c3ccc(-c4nc(C)no4)cn3)cn2)c1. The minimum Gasteiger partial charge on any atom is -0.334 e. The van der Waals surface area contributed by atoms with Gasteiger partial charge in [-0.3, -0.25) is 9.36 Å². The molecule has 1 amide bonds. The molecular weight excluding hydrogens is 356 g/mol. The van der Waals surface area contributed by atoms with Crippen molar-refractivity contribution in [3.8, 4) is 17.3 Å². The third kappa shape index (κ3) is 3.52. The van der Waals surface area contributed by atoms with Crippen molar-refractivity contribution in [3.63, 3.8) is 0 Å². The van der Waals surface area contributed by atoms with Gasteiger partial charge in [0, 0.05) is 18.1 Å². The Kier molecular flexibility index (Phi) is 4.44. The molecule has 0 fully saturated rings. The zero-order valence-corrected chi connectivity index (χ0v) is 15.7. The zero-order valence-electron chi connectivity index (χ0n) is 15.7. The number of nitrogens with zero attached hydrogens (tertiary/aromatic N) is 5. The van der Waals surface area contributed by atoms with Crippen LogP contribution in [0.4, 0.5) is 5.69 Å². The number of carbonyl (C=O) groups excluding carboxylic acids is 1. The molecule has 0 saturated heterocycles. The van der Waals surface area contributed by atoms with Gasteiger partial charge < -0.3 is 9.84 Å². The van der Waals surface area contributed by atoms with Gasteiger partial charge in [-0.1, -0.05) is 17.3 Å². The molecule has 0 atom stereocenters. The summed E-state index contributed by atoms with van der Waals surface area (Å²) >= 11 is 0. The Hall–Kier alpha value is -3.81. The number of aryl methyl sites for hydroxylation is 3. The monoisotopic (exact) mass is 374 g/mol. The molecule has 140 valence electrons. The van der Waals surface area contributed by atoms with E-state index in [0.717, 1.165) is 22.4 Å². The number of pyridine rings is 1. The van der Waals surface area contributed by atoms with Crippen LogP contribution in [0.5, 0.6) is 0 Å². The van der Waals surface area contributed by atoms with Crippen LogP contribution in [-0.4, -0.2) is 30.6 Å². The average Bonchev–Trinajstić information content (AvgIpc) is 3.34. The van der Waals surface area contributed by atoms with Gasteiger partial charge in [-0.05, 0) is 50.1 Å². The third-order valence-electron chi connectivity index (χ3n) is 4.24. The fourth-order valence-electron chi connectivity index (χ4n) is 2.70. The Bertz CT molecular complexity index is 1140. The summed E-state index contributed by atoms with van der Waals surface area (Å²) in [6.07, 6.45) is 4.83. The minimum atomic E-state index is -0.273. The molecule has 1 N–H and O–H groups in total. The predicted molar refractivity (Wildman–Crippen MR) is 103 cm³/mol. The topological polar surface area (TPSA) is 98.7 Å². The predicted octanol–water partition coefficient (Wildman–Crippen LogP) is 3.49. The smallest absolute Gasteiger partial charge is 0.275 e. The lowest BCUT2D eigenvalue weighted by Crippen LogP contribution is -2.13. The molecule has 3 aromatic heterocycles. The Morgan fingerprint density at radius 3 is 2.68 bits per heavy atom. The van der Waals surface area contributed by atoms with Crippen molar-refractivity contribution in [2.75, 3.05) is 5.32 Å². The van der Waals surface area contributed by atoms with E-state index in [2.05, 4.69) is 25.4 Å². The summed E-state index contributed by atoms with van der Waals surface area (Å²) in [7, 11) is 0. The molecule has 0 radical (unpaired) electrons. The second kappa shape index (κ2) is 7.07. The van der Waals surface area contributed by atoms with Gasteiger partial charge in [0.05, 0.1) is 5.56 Å². The van der Waals surface area contributed by atoms with Crippen molar-refractivity contribution in [1.82, 2.24) is 24.7 Å². The van der Waals surface area contributed by atoms with Gasteiger partial charge in [0.15, 0.2) is 5.82 Å². The minimum absolute atomic E-state index is 0.273. The first-order valence-electron chi connectivity index (χ1n) is 8.69. The molecule has 1 aromatic carbocycles. The van der Waals surface area contributed by atoms with Crippen LogP contribution in [-0.2, 0) is 0 Å². The van der Waals surface area contributed by atoms with E-state index in [9.17, 15) is 4.79 Å². The molecule has 4 rings (SSSR count). The number of anilines is 1. The molecule has 0 spiro atoms. The number of carbonyl (C=O) groups is 1. The van der Waals surface area contributed by atoms with Gasteiger partial charge in [0.1, 0.15) is 17.8 Å². The molecule has 0 bridgehead atoms. The highest BCUT2D eigenvalue weighted by atomic mass is 16.5. The number of nitrogens with one attached hydrogen (secondary N) is 1. The number of imidazole rings is 1. The largest absolute Gasteiger partial charge is 0.334 e. The molecule has 0 saturated carbocycles. The highest BCUT2D eigenvalue weighted by Crippen LogP contribution is 2.19. The molecule has 8 heteroatoms. The van der Waals surface area contributed by atoms with Crippen LogP contribution in [0.25, 0.3) is 17.3 Å². The van der Waals surface area contributed by atoms with Gasteiger partial charge in [0.2, 0.25) is 0 Å². The van der Waals surface area contributed by atoms with E-state index >= 15 is 0 Å². The van der Waals surface area contributed by atoms with Gasteiger partial charge in [-0.15, -0.1) is 0 Å². The Morgan fingerprint density at radius 2 is 1.96 bits per heavy atom. The normalized spacial score (nSPS) is 10.8. The molecule has 4 aromatic rings. The maximum absolute atomic E-state index is 12.5. The molecule has 28 heavy (non-hydrogen) atoms. The summed E-state index contributed by atoms with van der Waals surface area (Å²) in [5, 5.41) is 6.67. The standard InChI is InChI=1S/C20H18N6O2/c1-12-4-5-13(2)16(8-12)24-19(27)17-10-26(11-22-17)18-7-6-15(9-21-18)20-23-14(3)25-28-20/h4-11H,1-3H3,(H,24,27). The van der Waals surface area contributed by atoms with E-state index in [1.807, 2.05) is 38.1 Å². The second-order valence-electron chi connectivity index (χ2n) is 6.49. The third-order valence-corrected chi connectivity index (χ3v) is 4.24. The van der Waals surface area contributed by atoms with E-state index < -0.39 is 0 Å². The summed E-state index contributed by atoms with van der Waals surface area (Å²) in [6, 6.07) is 9.53. The maximum Gasteiger partial charge on any atom is 0.275 e. The molecule has 0 aliphatic rings. The second-order valence-corrected chi connectivity index (χ2v) is 6.49. The maximum atomic E-state index is 12.5. The van der Waals surface area contributed by atoms with Gasteiger partial charge >= 0.3 is 0 Å². The fraction of sp³-hybridized carbons (Fsp3) is 0.150. The lowest BCUT2D eigenvalue weighted by molar-refractivity contribution is 0.102. The van der Waals surface area contributed by atoms with E-state index in [0.29, 0.717) is 23.2 Å². The van der Waals surface area contributed by atoms with E-state index in [1.165, 1.54) is 0 Å². The van der Waals surface area contributed by atoms with Crippen molar-refractivity contribution >= 4 is 11.6 Å². The summed E-state index contributed by atoms with van der Waals surface area (Å²) in [5.74, 6) is 1.33. The Balaban J connectivity index is 1.52. The number of hydrogen-bond acceptors (Lipinski definition) is 6. The lowest BCUT2D eigenvalue weighted by atomic mass is 10.1. The highest BCUT2D eigenvalue weighted by molar-refractivity contribution is 6.03. The van der Waals surface area contributed by atoms with Crippen LogP contribution < -0.4 is 5.32 Å². The van der Waals surface area contributed by atoms with Gasteiger partial charge in [-0.2, -0.15) is 4.98 Å². The van der Waals surface area contributed by atoms with Crippen molar-refractivity contribution in [2.24, 2.45) is 0 Å². The van der Waals surface area contributed by atoms with E-state index in [4.69, 9.17) is 4.52 Å². The Labute approximate surface area is 161 Å². The zero-order chi connectivity index (χ0) is 19.7. The highest BCUT2D eigenvalue weighted by Gasteiger charge is 2.13. The van der Waals surface area contributed by atoms with Gasteiger partial charge in [0.25, 0.3) is 11.8 Å². The quantitative estimate of drug-likeness (QED) is 0.587. The average molecular weight is 374 g/mol. The number of amides is 1. The number of rotatable bonds is 4. The van der Waals surface area contributed by atoms with Crippen LogP contribution >= 0.6 is 0 Å². The van der Waals surface area contributed by atoms with Crippen LogP contribution in [0.15, 0.2) is 53.6 Å². The summed E-state index contributed by atoms with van der Waals surface area (Å²) in [4.78, 5) is 25.3. The number of aromatic nitrogens is 5. The van der Waals surface area contributed by atoms with Crippen molar-refractivity contribution < 1.29 is 9.32 Å². The molecular formula is C20H18N6O2. The van der Waals surface area contributed by atoms with Crippen molar-refractivity contribution in [3.05, 3.63) is 71.7 Å². The molecule has 3 heterocycles.